The van der Waals surface area contributed by atoms with E-state index in [0.717, 1.165) is 18.4 Å². The van der Waals surface area contributed by atoms with Crippen LogP contribution < -0.4 is 4.90 Å². The van der Waals surface area contributed by atoms with Gasteiger partial charge in [0.05, 0.1) is 11.2 Å². The van der Waals surface area contributed by atoms with Gasteiger partial charge in [-0.2, -0.15) is 0 Å². The highest BCUT2D eigenvalue weighted by atomic mass is 19.1. The molecule has 0 unspecified atom stereocenters. The zero-order valence-electron chi connectivity index (χ0n) is 13.9. The highest BCUT2D eigenvalue weighted by Crippen LogP contribution is 2.32. The molecule has 2 aromatic rings. The van der Waals surface area contributed by atoms with Gasteiger partial charge in [0.1, 0.15) is 12.1 Å². The minimum Gasteiger partial charge on any atom is -0.302 e. The lowest BCUT2D eigenvalue weighted by Crippen LogP contribution is -2.37. The van der Waals surface area contributed by atoms with Crippen molar-refractivity contribution in [1.29, 1.82) is 0 Å². The normalized spacial score (nSPS) is 14.7. The summed E-state index contributed by atoms with van der Waals surface area (Å²) < 4.78 is 16.2. The molecule has 0 N–H and O–H groups in total. The molecule has 1 amide bonds. The van der Waals surface area contributed by atoms with Gasteiger partial charge in [0.2, 0.25) is 5.82 Å². The van der Waals surface area contributed by atoms with Gasteiger partial charge in [0.15, 0.2) is 0 Å². The van der Waals surface area contributed by atoms with E-state index in [4.69, 9.17) is 0 Å². The quantitative estimate of drug-likeness (QED) is 0.812. The lowest BCUT2D eigenvalue weighted by Gasteiger charge is -2.29. The van der Waals surface area contributed by atoms with Gasteiger partial charge in [-0.3, -0.25) is 4.79 Å². The van der Waals surface area contributed by atoms with Crippen LogP contribution in [0, 0.1) is 12.7 Å². The first-order valence-corrected chi connectivity index (χ1v) is 7.81. The number of nitrogens with zero attached hydrogens (tertiary/aromatic N) is 4. The first kappa shape index (κ1) is 15.6. The van der Waals surface area contributed by atoms with Crippen molar-refractivity contribution in [3.05, 3.63) is 41.2 Å². The van der Waals surface area contributed by atoms with Crippen molar-refractivity contribution in [2.24, 2.45) is 0 Å². The van der Waals surface area contributed by atoms with Gasteiger partial charge in [-0.25, -0.2) is 14.1 Å². The Labute approximate surface area is 135 Å². The minimum absolute atomic E-state index is 0.105. The van der Waals surface area contributed by atoms with Crippen LogP contribution >= 0.6 is 0 Å². The van der Waals surface area contributed by atoms with Crippen molar-refractivity contribution in [2.45, 2.75) is 46.1 Å². The van der Waals surface area contributed by atoms with E-state index < -0.39 is 0 Å². The fraction of sp³-hybridized carbons (Fsp3) is 0.471. The molecule has 0 saturated heterocycles. The molecule has 0 bridgehead atoms. The molecule has 1 aliphatic rings. The van der Waals surface area contributed by atoms with Crippen LogP contribution in [0.1, 0.15) is 48.9 Å². The highest BCUT2D eigenvalue weighted by molar-refractivity contribution is 6.04. The molecule has 23 heavy (non-hydrogen) atoms. The average molecular weight is 316 g/mol. The molecule has 0 aliphatic carbocycles. The zero-order chi connectivity index (χ0) is 16.8. The van der Waals surface area contributed by atoms with Gasteiger partial charge in [0, 0.05) is 6.54 Å². The molecule has 3 rings (SSSR count). The van der Waals surface area contributed by atoms with Crippen LogP contribution in [0.5, 0.6) is 0 Å². The smallest absolute Gasteiger partial charge is 0.298 e. The minimum atomic E-state index is -0.349. The number of fused-ring (bicyclic) bond motifs is 1. The maximum Gasteiger partial charge on any atom is 0.298 e. The number of carbonyl (C=O) groups is 1. The summed E-state index contributed by atoms with van der Waals surface area (Å²) in [4.78, 5) is 18.4. The first-order valence-electron chi connectivity index (χ1n) is 7.81. The first-order chi connectivity index (χ1) is 10.8. The monoisotopic (exact) mass is 316 g/mol. The van der Waals surface area contributed by atoms with E-state index >= 15 is 0 Å². The Balaban J connectivity index is 1.99. The van der Waals surface area contributed by atoms with Crippen molar-refractivity contribution in [2.75, 3.05) is 11.4 Å². The number of amides is 1. The Morgan fingerprint density at radius 3 is 2.70 bits per heavy atom. The van der Waals surface area contributed by atoms with Gasteiger partial charge in [0.25, 0.3) is 5.91 Å². The van der Waals surface area contributed by atoms with Gasteiger partial charge in [-0.05, 0) is 51.7 Å². The van der Waals surface area contributed by atoms with Crippen LogP contribution in [0.15, 0.2) is 18.5 Å². The second-order valence-electron chi connectivity index (χ2n) is 6.95. The molecule has 6 heteroatoms. The summed E-state index contributed by atoms with van der Waals surface area (Å²) in [6.45, 7) is 8.13. The van der Waals surface area contributed by atoms with Crippen LogP contribution in [0.3, 0.4) is 0 Å². The van der Waals surface area contributed by atoms with Crippen LogP contribution in [0.4, 0.5) is 10.1 Å². The third kappa shape index (κ3) is 2.73. The molecule has 5 nitrogen and oxygen atoms in total. The predicted octanol–water partition coefficient (Wildman–Crippen LogP) is 3.07. The number of aromatic nitrogens is 3. The van der Waals surface area contributed by atoms with E-state index in [-0.39, 0.29) is 23.1 Å². The number of rotatable bonds is 1. The van der Waals surface area contributed by atoms with E-state index in [1.165, 1.54) is 4.90 Å². The predicted molar refractivity (Wildman–Crippen MR) is 86.2 cm³/mol. The number of hydrogen-bond acceptors (Lipinski definition) is 3. The second-order valence-corrected chi connectivity index (χ2v) is 6.95. The number of aryl methyl sites for hydroxylation is 2. The number of carbonyl (C=O) groups excluding carboxylic acids is 1. The Morgan fingerprint density at radius 1 is 1.30 bits per heavy atom. The van der Waals surface area contributed by atoms with Crippen LogP contribution in [-0.4, -0.2) is 27.2 Å². The second kappa shape index (κ2) is 5.44. The zero-order valence-corrected chi connectivity index (χ0v) is 13.9. The molecule has 1 aliphatic heterocycles. The molecule has 0 fully saturated rings. The van der Waals surface area contributed by atoms with Crippen molar-refractivity contribution < 1.29 is 9.18 Å². The Bertz CT molecular complexity index is 760. The summed E-state index contributed by atoms with van der Waals surface area (Å²) in [6.07, 6.45) is 3.13. The summed E-state index contributed by atoms with van der Waals surface area (Å²) >= 11 is 0. The standard InChI is InChI=1S/C17H21FN4O/c1-11-7-8-12-6-5-9-21(14(12)13(11)18)16(23)15-19-10-22(20-15)17(2,3)4/h7-8,10H,5-6,9H2,1-4H3. The number of halogens is 1. The lowest BCUT2D eigenvalue weighted by molar-refractivity contribution is 0.0973. The maximum atomic E-state index is 14.6. The van der Waals surface area contributed by atoms with Crippen molar-refractivity contribution in [3.63, 3.8) is 0 Å². The number of hydrogen-bond donors (Lipinski definition) is 0. The molecule has 0 spiro atoms. The Kier molecular flexibility index (Phi) is 3.70. The SMILES string of the molecule is Cc1ccc2c(c1F)N(C(=O)c1ncn(C(C)(C)C)n1)CCC2. The maximum absolute atomic E-state index is 14.6. The topological polar surface area (TPSA) is 51.0 Å². The molecule has 0 saturated carbocycles. The van der Waals surface area contributed by atoms with Gasteiger partial charge in [-0.15, -0.1) is 5.10 Å². The van der Waals surface area contributed by atoms with E-state index in [0.29, 0.717) is 17.8 Å². The lowest BCUT2D eigenvalue weighted by atomic mass is 9.99. The Hall–Kier alpha value is -2.24. The Morgan fingerprint density at radius 2 is 2.04 bits per heavy atom. The molecular formula is C17H21FN4O. The van der Waals surface area contributed by atoms with E-state index in [1.54, 1.807) is 24.0 Å². The van der Waals surface area contributed by atoms with Crippen molar-refractivity contribution in [3.8, 4) is 0 Å². The summed E-state index contributed by atoms with van der Waals surface area (Å²) in [7, 11) is 0. The number of benzene rings is 1. The van der Waals surface area contributed by atoms with Gasteiger partial charge < -0.3 is 4.90 Å². The van der Waals surface area contributed by atoms with Gasteiger partial charge in [-0.1, -0.05) is 12.1 Å². The van der Waals surface area contributed by atoms with Gasteiger partial charge >= 0.3 is 0 Å². The third-order valence-electron chi connectivity index (χ3n) is 4.11. The van der Waals surface area contributed by atoms with Crippen molar-refractivity contribution in [1.82, 2.24) is 14.8 Å². The molecule has 2 heterocycles. The summed E-state index contributed by atoms with van der Waals surface area (Å²) in [5.74, 6) is -0.571. The molecule has 0 atom stereocenters. The average Bonchev–Trinajstić information content (AvgIpc) is 3.00. The van der Waals surface area contributed by atoms with E-state index in [2.05, 4.69) is 10.1 Å². The highest BCUT2D eigenvalue weighted by Gasteiger charge is 2.30. The molecule has 1 aromatic carbocycles. The third-order valence-corrected chi connectivity index (χ3v) is 4.11. The molecular weight excluding hydrogens is 295 g/mol. The largest absolute Gasteiger partial charge is 0.302 e. The summed E-state index contributed by atoms with van der Waals surface area (Å²) in [5.41, 5.74) is 1.53. The summed E-state index contributed by atoms with van der Waals surface area (Å²) in [5, 5.41) is 4.27. The molecule has 1 aromatic heterocycles. The molecule has 0 radical (unpaired) electrons. The molecule has 122 valence electrons. The van der Waals surface area contributed by atoms with Crippen LogP contribution in [0.25, 0.3) is 0 Å². The van der Waals surface area contributed by atoms with Crippen molar-refractivity contribution >= 4 is 11.6 Å². The number of anilines is 1. The van der Waals surface area contributed by atoms with E-state index in [9.17, 15) is 9.18 Å². The fourth-order valence-electron chi connectivity index (χ4n) is 2.75. The summed E-state index contributed by atoms with van der Waals surface area (Å²) in [6, 6.07) is 3.66. The fourth-order valence-corrected chi connectivity index (χ4v) is 2.75. The van der Waals surface area contributed by atoms with Crippen LogP contribution in [0.2, 0.25) is 0 Å². The van der Waals surface area contributed by atoms with Crippen LogP contribution in [-0.2, 0) is 12.0 Å². The van der Waals surface area contributed by atoms with E-state index in [1.807, 2.05) is 26.8 Å².